The number of carboxylic acids is 1. The summed E-state index contributed by atoms with van der Waals surface area (Å²) in [4.78, 5) is 33.2. The zero-order chi connectivity index (χ0) is 14.2. The van der Waals surface area contributed by atoms with E-state index in [0.717, 1.165) is 0 Å². The number of carboxylic acid groups (broad SMARTS) is 1. The number of hydrogen-bond donors (Lipinski definition) is 4. The van der Waals surface area contributed by atoms with Gasteiger partial charge in [0.1, 0.15) is 0 Å². The van der Waals surface area contributed by atoms with Crippen LogP contribution in [0, 0.1) is 5.41 Å². The maximum absolute atomic E-state index is 11.3. The van der Waals surface area contributed by atoms with Crippen LogP contribution in [0.1, 0.15) is 27.2 Å². The number of carbonyl (C=O) groups is 3. The monoisotopic (exact) mass is 259 g/mol. The van der Waals surface area contributed by atoms with Crippen molar-refractivity contribution < 1.29 is 19.5 Å². The van der Waals surface area contributed by atoms with Crippen molar-refractivity contribution in [1.82, 2.24) is 16.0 Å². The van der Waals surface area contributed by atoms with E-state index < -0.39 is 17.4 Å². The molecular weight excluding hydrogens is 238 g/mol. The molecule has 0 saturated carbocycles. The molecule has 18 heavy (non-hydrogen) atoms. The molecule has 0 unspecified atom stereocenters. The van der Waals surface area contributed by atoms with Crippen molar-refractivity contribution in [3.63, 3.8) is 0 Å². The number of aliphatic carboxylic acids is 1. The van der Waals surface area contributed by atoms with Crippen molar-refractivity contribution in [1.29, 1.82) is 0 Å². The van der Waals surface area contributed by atoms with E-state index in [1.807, 2.05) is 6.92 Å². The molecule has 3 amide bonds. The maximum atomic E-state index is 11.3. The fourth-order valence-electron chi connectivity index (χ4n) is 1.01. The first-order valence-electron chi connectivity index (χ1n) is 5.81. The van der Waals surface area contributed by atoms with E-state index in [1.54, 1.807) is 0 Å². The molecule has 0 atom stereocenters. The molecule has 0 aliphatic rings. The van der Waals surface area contributed by atoms with Crippen LogP contribution >= 0.6 is 0 Å². The Morgan fingerprint density at radius 1 is 1.11 bits per heavy atom. The van der Waals surface area contributed by atoms with Gasteiger partial charge in [-0.2, -0.15) is 0 Å². The van der Waals surface area contributed by atoms with Crippen molar-refractivity contribution in [2.45, 2.75) is 27.2 Å². The van der Waals surface area contributed by atoms with E-state index in [1.165, 1.54) is 13.8 Å². The lowest BCUT2D eigenvalue weighted by molar-refractivity contribution is -0.146. The fourth-order valence-corrected chi connectivity index (χ4v) is 1.01. The fraction of sp³-hybridized carbons (Fsp3) is 0.727. The smallest absolute Gasteiger partial charge is 0.314 e. The highest BCUT2D eigenvalue weighted by Crippen LogP contribution is 2.12. The third-order valence-electron chi connectivity index (χ3n) is 2.28. The van der Waals surface area contributed by atoms with Crippen molar-refractivity contribution in [2.75, 3.05) is 19.6 Å². The molecule has 0 aliphatic carbocycles. The molecule has 7 nitrogen and oxygen atoms in total. The van der Waals surface area contributed by atoms with Crippen molar-refractivity contribution >= 4 is 17.9 Å². The van der Waals surface area contributed by atoms with Gasteiger partial charge in [-0.05, 0) is 20.8 Å². The van der Waals surface area contributed by atoms with E-state index in [-0.39, 0.29) is 25.4 Å². The summed E-state index contributed by atoms with van der Waals surface area (Å²) in [5.41, 5.74) is -1.02. The van der Waals surface area contributed by atoms with Crippen LogP contribution in [0.25, 0.3) is 0 Å². The third kappa shape index (κ3) is 6.72. The zero-order valence-corrected chi connectivity index (χ0v) is 11.0. The topological polar surface area (TPSA) is 108 Å². The highest BCUT2D eigenvalue weighted by molar-refractivity contribution is 5.79. The highest BCUT2D eigenvalue weighted by Gasteiger charge is 2.27. The molecule has 0 spiro atoms. The predicted octanol–water partition coefficient (Wildman–Crippen LogP) is -0.0774. The first-order valence-corrected chi connectivity index (χ1v) is 5.81. The summed E-state index contributed by atoms with van der Waals surface area (Å²) < 4.78 is 0. The molecular formula is C11H21N3O4. The van der Waals surface area contributed by atoms with Crippen LogP contribution in [0.3, 0.4) is 0 Å². The minimum atomic E-state index is -1.02. The van der Waals surface area contributed by atoms with Gasteiger partial charge in [-0.3, -0.25) is 9.59 Å². The zero-order valence-electron chi connectivity index (χ0n) is 11.0. The van der Waals surface area contributed by atoms with Crippen LogP contribution in [0.2, 0.25) is 0 Å². The van der Waals surface area contributed by atoms with Crippen LogP contribution < -0.4 is 16.0 Å². The second-order valence-electron chi connectivity index (χ2n) is 4.50. The first kappa shape index (κ1) is 16.2. The Hall–Kier alpha value is -1.79. The summed E-state index contributed by atoms with van der Waals surface area (Å²) in [5, 5.41) is 16.4. The average molecular weight is 259 g/mol. The van der Waals surface area contributed by atoms with Crippen molar-refractivity contribution in [3.05, 3.63) is 0 Å². The van der Waals surface area contributed by atoms with E-state index in [2.05, 4.69) is 16.0 Å². The van der Waals surface area contributed by atoms with Gasteiger partial charge in [-0.25, -0.2) is 4.79 Å². The normalized spacial score (nSPS) is 10.6. The predicted molar refractivity (Wildman–Crippen MR) is 66.1 cm³/mol. The molecule has 0 saturated heterocycles. The van der Waals surface area contributed by atoms with Crippen molar-refractivity contribution in [3.8, 4) is 0 Å². The molecule has 0 aromatic rings. The largest absolute Gasteiger partial charge is 0.481 e. The lowest BCUT2D eigenvalue weighted by atomic mass is 9.94. The molecule has 0 aliphatic heterocycles. The molecule has 4 N–H and O–H groups in total. The van der Waals surface area contributed by atoms with Gasteiger partial charge in [0.25, 0.3) is 0 Å². The van der Waals surface area contributed by atoms with E-state index in [0.29, 0.717) is 6.54 Å². The molecule has 7 heteroatoms. The van der Waals surface area contributed by atoms with Gasteiger partial charge in [0.2, 0.25) is 5.91 Å². The standard InChI is InChI=1S/C11H21N3O4/c1-4-12-8(15)5-6-13-10(18)14-7-11(2,3)9(16)17/h4-7H2,1-3H3,(H,12,15)(H,16,17)(H2,13,14,18). The van der Waals surface area contributed by atoms with E-state index in [4.69, 9.17) is 5.11 Å². The minimum absolute atomic E-state index is 0.0231. The minimum Gasteiger partial charge on any atom is -0.481 e. The second kappa shape index (κ2) is 7.52. The first-order chi connectivity index (χ1) is 8.29. The lowest BCUT2D eigenvalue weighted by Gasteiger charge is -2.19. The van der Waals surface area contributed by atoms with Gasteiger partial charge in [0, 0.05) is 26.1 Å². The van der Waals surface area contributed by atoms with Gasteiger partial charge in [-0.15, -0.1) is 0 Å². The Balaban J connectivity index is 3.79. The summed E-state index contributed by atoms with van der Waals surface area (Å²) in [6.45, 7) is 5.64. The molecule has 0 rings (SSSR count). The van der Waals surface area contributed by atoms with Gasteiger partial charge in [0.15, 0.2) is 0 Å². The van der Waals surface area contributed by atoms with Crippen molar-refractivity contribution in [2.24, 2.45) is 5.41 Å². The number of carbonyl (C=O) groups excluding carboxylic acids is 2. The molecule has 0 heterocycles. The van der Waals surface area contributed by atoms with Gasteiger partial charge < -0.3 is 21.1 Å². The van der Waals surface area contributed by atoms with Gasteiger partial charge in [-0.1, -0.05) is 0 Å². The van der Waals surface area contributed by atoms with Crippen LogP contribution in [0.15, 0.2) is 0 Å². The molecule has 0 bridgehead atoms. The van der Waals surface area contributed by atoms with E-state index >= 15 is 0 Å². The number of nitrogens with one attached hydrogen (secondary N) is 3. The molecule has 0 fully saturated rings. The van der Waals surface area contributed by atoms with Crippen LogP contribution in [-0.4, -0.2) is 42.6 Å². The Bertz CT molecular complexity index is 315. The quantitative estimate of drug-likeness (QED) is 0.513. The SMILES string of the molecule is CCNC(=O)CCNC(=O)NCC(C)(C)C(=O)O. The Kier molecular flexibility index (Phi) is 6.77. The second-order valence-corrected chi connectivity index (χ2v) is 4.50. The Morgan fingerprint density at radius 3 is 2.22 bits per heavy atom. The molecule has 0 radical (unpaired) electrons. The summed E-state index contributed by atoms with van der Waals surface area (Å²) in [7, 11) is 0. The summed E-state index contributed by atoms with van der Waals surface area (Å²) in [5.74, 6) is -1.12. The molecule has 0 aromatic heterocycles. The number of hydrogen-bond acceptors (Lipinski definition) is 3. The lowest BCUT2D eigenvalue weighted by Crippen LogP contribution is -2.44. The summed E-state index contributed by atoms with van der Waals surface area (Å²) in [6.07, 6.45) is 0.198. The van der Waals surface area contributed by atoms with Gasteiger partial charge >= 0.3 is 12.0 Å². The number of rotatable bonds is 7. The highest BCUT2D eigenvalue weighted by atomic mass is 16.4. The summed E-state index contributed by atoms with van der Waals surface area (Å²) >= 11 is 0. The number of urea groups is 1. The Morgan fingerprint density at radius 2 is 1.72 bits per heavy atom. The summed E-state index contributed by atoms with van der Waals surface area (Å²) in [6, 6.07) is -0.478. The van der Waals surface area contributed by atoms with E-state index in [9.17, 15) is 14.4 Å². The molecule has 104 valence electrons. The van der Waals surface area contributed by atoms with Crippen LogP contribution in [-0.2, 0) is 9.59 Å². The third-order valence-corrected chi connectivity index (χ3v) is 2.28. The van der Waals surface area contributed by atoms with Crippen LogP contribution in [0.5, 0.6) is 0 Å². The number of amides is 3. The average Bonchev–Trinajstić information content (AvgIpc) is 2.26. The maximum Gasteiger partial charge on any atom is 0.314 e. The molecule has 0 aromatic carbocycles. The van der Waals surface area contributed by atoms with Gasteiger partial charge in [0.05, 0.1) is 5.41 Å². The van der Waals surface area contributed by atoms with Crippen LogP contribution in [0.4, 0.5) is 4.79 Å². The Labute approximate surface area is 106 Å².